The van der Waals surface area contributed by atoms with E-state index in [1.165, 1.54) is 11.3 Å². The summed E-state index contributed by atoms with van der Waals surface area (Å²) in [5.41, 5.74) is 9.28. The standard InChI is InChI=1S/C14H25N3/c1-6-17(11(2)10-16(4)5)14-9-7-8-13(15)12(14)3/h7-9,11H,6,10,15H2,1-5H3. The van der Waals surface area contributed by atoms with Crippen LogP contribution in [0.2, 0.25) is 0 Å². The van der Waals surface area contributed by atoms with E-state index in [1.807, 2.05) is 12.1 Å². The zero-order chi connectivity index (χ0) is 13.0. The van der Waals surface area contributed by atoms with Crippen molar-refractivity contribution in [3.63, 3.8) is 0 Å². The third kappa shape index (κ3) is 3.37. The summed E-state index contributed by atoms with van der Waals surface area (Å²) < 4.78 is 0. The maximum atomic E-state index is 5.98. The van der Waals surface area contributed by atoms with E-state index in [-0.39, 0.29) is 0 Å². The third-order valence-corrected chi connectivity index (χ3v) is 3.16. The molecule has 0 aliphatic heterocycles. The molecule has 1 aromatic carbocycles. The van der Waals surface area contributed by atoms with E-state index in [0.717, 1.165) is 18.8 Å². The van der Waals surface area contributed by atoms with Gasteiger partial charge in [0.15, 0.2) is 0 Å². The molecule has 0 aromatic heterocycles. The van der Waals surface area contributed by atoms with Crippen molar-refractivity contribution in [1.29, 1.82) is 0 Å². The number of hydrogen-bond acceptors (Lipinski definition) is 3. The van der Waals surface area contributed by atoms with Gasteiger partial charge in [-0.1, -0.05) is 6.07 Å². The minimum atomic E-state index is 0.482. The average molecular weight is 235 g/mol. The van der Waals surface area contributed by atoms with Crippen LogP contribution in [0.1, 0.15) is 19.4 Å². The van der Waals surface area contributed by atoms with Gasteiger partial charge in [-0.25, -0.2) is 0 Å². The molecular weight excluding hydrogens is 210 g/mol. The van der Waals surface area contributed by atoms with E-state index in [0.29, 0.717) is 6.04 Å². The van der Waals surface area contributed by atoms with Crippen LogP contribution in [0.25, 0.3) is 0 Å². The molecule has 0 spiro atoms. The summed E-state index contributed by atoms with van der Waals surface area (Å²) in [5, 5.41) is 0. The van der Waals surface area contributed by atoms with Gasteiger partial charge in [0.1, 0.15) is 0 Å². The Morgan fingerprint density at radius 1 is 1.29 bits per heavy atom. The second-order valence-corrected chi connectivity index (χ2v) is 4.89. The summed E-state index contributed by atoms with van der Waals surface area (Å²) in [4.78, 5) is 4.63. The van der Waals surface area contributed by atoms with Crippen molar-refractivity contribution in [3.05, 3.63) is 23.8 Å². The van der Waals surface area contributed by atoms with Crippen molar-refractivity contribution in [3.8, 4) is 0 Å². The summed E-state index contributed by atoms with van der Waals surface area (Å²) in [6.45, 7) is 8.58. The fourth-order valence-corrected chi connectivity index (χ4v) is 2.30. The molecule has 2 N–H and O–H groups in total. The molecule has 17 heavy (non-hydrogen) atoms. The summed E-state index contributed by atoms with van der Waals surface area (Å²) in [6.07, 6.45) is 0. The number of likely N-dealkylation sites (N-methyl/N-ethyl adjacent to an activating group) is 2. The molecule has 1 rings (SSSR count). The number of benzene rings is 1. The Kier molecular flexibility index (Phi) is 4.82. The molecule has 1 unspecified atom stereocenters. The molecule has 0 amide bonds. The smallest absolute Gasteiger partial charge is 0.0419 e. The highest BCUT2D eigenvalue weighted by atomic mass is 15.2. The van der Waals surface area contributed by atoms with E-state index < -0.39 is 0 Å². The van der Waals surface area contributed by atoms with Gasteiger partial charge in [-0.15, -0.1) is 0 Å². The zero-order valence-corrected chi connectivity index (χ0v) is 11.7. The molecule has 0 saturated heterocycles. The Balaban J connectivity index is 2.97. The summed E-state index contributed by atoms with van der Waals surface area (Å²) in [7, 11) is 4.22. The minimum Gasteiger partial charge on any atom is -0.398 e. The average Bonchev–Trinajstić information content (AvgIpc) is 2.24. The van der Waals surface area contributed by atoms with E-state index in [2.05, 4.69) is 50.7 Å². The van der Waals surface area contributed by atoms with Crippen LogP contribution < -0.4 is 10.6 Å². The quantitative estimate of drug-likeness (QED) is 0.795. The fourth-order valence-electron chi connectivity index (χ4n) is 2.30. The topological polar surface area (TPSA) is 32.5 Å². The van der Waals surface area contributed by atoms with Crippen LogP contribution >= 0.6 is 0 Å². The molecule has 0 radical (unpaired) electrons. The molecule has 0 fully saturated rings. The first kappa shape index (κ1) is 13.8. The second kappa shape index (κ2) is 5.92. The van der Waals surface area contributed by atoms with E-state index in [9.17, 15) is 0 Å². The Morgan fingerprint density at radius 2 is 1.94 bits per heavy atom. The van der Waals surface area contributed by atoms with Crippen molar-refractivity contribution >= 4 is 11.4 Å². The highest BCUT2D eigenvalue weighted by Crippen LogP contribution is 2.26. The lowest BCUT2D eigenvalue weighted by Crippen LogP contribution is -2.40. The van der Waals surface area contributed by atoms with Crippen molar-refractivity contribution in [2.45, 2.75) is 26.8 Å². The molecule has 0 bridgehead atoms. The third-order valence-electron chi connectivity index (χ3n) is 3.16. The maximum absolute atomic E-state index is 5.98. The van der Waals surface area contributed by atoms with E-state index in [1.54, 1.807) is 0 Å². The molecule has 96 valence electrons. The number of nitrogens with zero attached hydrogens (tertiary/aromatic N) is 2. The Bertz CT molecular complexity index is 360. The van der Waals surface area contributed by atoms with E-state index >= 15 is 0 Å². The molecule has 0 aliphatic rings. The first-order valence-electron chi connectivity index (χ1n) is 6.23. The predicted molar refractivity (Wildman–Crippen MR) is 76.6 cm³/mol. The lowest BCUT2D eigenvalue weighted by molar-refractivity contribution is 0.373. The number of hydrogen-bond donors (Lipinski definition) is 1. The van der Waals surface area contributed by atoms with Crippen LogP contribution in [0.3, 0.4) is 0 Å². The highest BCUT2D eigenvalue weighted by molar-refractivity contribution is 5.64. The first-order chi connectivity index (χ1) is 7.97. The van der Waals surface area contributed by atoms with Crippen LogP contribution in [0, 0.1) is 6.92 Å². The van der Waals surface area contributed by atoms with Crippen LogP contribution in [0.15, 0.2) is 18.2 Å². The molecule has 1 aromatic rings. The lowest BCUT2D eigenvalue weighted by atomic mass is 10.1. The van der Waals surface area contributed by atoms with Crippen molar-refractivity contribution in [1.82, 2.24) is 4.90 Å². The van der Waals surface area contributed by atoms with Gasteiger partial charge >= 0.3 is 0 Å². The summed E-state index contributed by atoms with van der Waals surface area (Å²) in [5.74, 6) is 0. The number of rotatable bonds is 5. The lowest BCUT2D eigenvalue weighted by Gasteiger charge is -2.33. The fraction of sp³-hybridized carbons (Fsp3) is 0.571. The largest absolute Gasteiger partial charge is 0.398 e. The normalized spacial score (nSPS) is 12.8. The van der Waals surface area contributed by atoms with Gasteiger partial charge in [0.05, 0.1) is 0 Å². The molecule has 1 atom stereocenters. The van der Waals surface area contributed by atoms with Gasteiger partial charge < -0.3 is 15.5 Å². The van der Waals surface area contributed by atoms with Crippen molar-refractivity contribution in [2.75, 3.05) is 37.8 Å². The summed E-state index contributed by atoms with van der Waals surface area (Å²) >= 11 is 0. The first-order valence-corrected chi connectivity index (χ1v) is 6.23. The molecule has 0 heterocycles. The Morgan fingerprint density at radius 3 is 2.47 bits per heavy atom. The highest BCUT2D eigenvalue weighted by Gasteiger charge is 2.15. The number of anilines is 2. The monoisotopic (exact) mass is 235 g/mol. The van der Waals surface area contributed by atoms with E-state index in [4.69, 9.17) is 5.73 Å². The number of nitrogen functional groups attached to an aromatic ring is 1. The van der Waals surface area contributed by atoms with Gasteiger partial charge in [-0.05, 0) is 52.6 Å². The predicted octanol–water partition coefficient (Wildman–Crippen LogP) is 2.35. The van der Waals surface area contributed by atoms with Gasteiger partial charge in [0.25, 0.3) is 0 Å². The molecular formula is C14H25N3. The molecule has 0 aliphatic carbocycles. The Labute approximate surface area is 105 Å². The van der Waals surface area contributed by atoms with Gasteiger partial charge in [0.2, 0.25) is 0 Å². The SMILES string of the molecule is CCN(c1cccc(N)c1C)C(C)CN(C)C. The van der Waals surface area contributed by atoms with Gasteiger partial charge in [0, 0.05) is 30.5 Å². The van der Waals surface area contributed by atoms with Crippen LogP contribution in [0.5, 0.6) is 0 Å². The summed E-state index contributed by atoms with van der Waals surface area (Å²) in [6, 6.07) is 6.63. The molecule has 3 heteroatoms. The van der Waals surface area contributed by atoms with Crippen LogP contribution in [-0.4, -0.2) is 38.1 Å². The zero-order valence-electron chi connectivity index (χ0n) is 11.7. The van der Waals surface area contributed by atoms with Gasteiger partial charge in [-0.2, -0.15) is 0 Å². The molecule has 3 nitrogen and oxygen atoms in total. The Hall–Kier alpha value is -1.22. The van der Waals surface area contributed by atoms with Crippen molar-refractivity contribution in [2.24, 2.45) is 0 Å². The maximum Gasteiger partial charge on any atom is 0.0419 e. The van der Waals surface area contributed by atoms with Crippen LogP contribution in [-0.2, 0) is 0 Å². The number of nitrogens with two attached hydrogens (primary N) is 1. The minimum absolute atomic E-state index is 0.482. The van der Waals surface area contributed by atoms with Crippen LogP contribution in [0.4, 0.5) is 11.4 Å². The van der Waals surface area contributed by atoms with Crippen molar-refractivity contribution < 1.29 is 0 Å². The molecule has 0 saturated carbocycles. The van der Waals surface area contributed by atoms with Gasteiger partial charge in [-0.3, -0.25) is 0 Å². The second-order valence-electron chi connectivity index (χ2n) is 4.89.